The monoisotopic (exact) mass is 367 g/mol. The van der Waals surface area contributed by atoms with Gasteiger partial charge in [-0.3, -0.25) is 4.79 Å². The second-order valence-corrected chi connectivity index (χ2v) is 7.02. The van der Waals surface area contributed by atoms with E-state index in [0.29, 0.717) is 17.9 Å². The molecule has 2 aromatic rings. The Kier molecular flexibility index (Phi) is 5.53. The highest BCUT2D eigenvalue weighted by molar-refractivity contribution is 6.04. The van der Waals surface area contributed by atoms with Gasteiger partial charge in [-0.2, -0.15) is 0 Å². The first-order valence-corrected chi connectivity index (χ1v) is 9.65. The molecule has 2 aliphatic heterocycles. The molecule has 1 amide bonds. The minimum Gasteiger partial charge on any atom is -0.491 e. The summed E-state index contributed by atoms with van der Waals surface area (Å²) in [7, 11) is 0. The van der Waals surface area contributed by atoms with Crippen molar-refractivity contribution in [2.45, 2.75) is 31.8 Å². The smallest absolute Gasteiger partial charge is 0.255 e. The zero-order valence-electron chi connectivity index (χ0n) is 15.4. The number of benzene rings is 1. The van der Waals surface area contributed by atoms with Gasteiger partial charge in [0.05, 0.1) is 18.0 Å². The summed E-state index contributed by atoms with van der Waals surface area (Å²) in [4.78, 5) is 19.2. The van der Waals surface area contributed by atoms with Gasteiger partial charge in [0.25, 0.3) is 5.91 Å². The van der Waals surface area contributed by atoms with Crippen molar-refractivity contribution in [1.29, 1.82) is 0 Å². The molecule has 0 unspecified atom stereocenters. The fourth-order valence-electron chi connectivity index (χ4n) is 3.46. The number of ether oxygens (including phenoxy) is 2. The van der Waals surface area contributed by atoms with Gasteiger partial charge in [-0.1, -0.05) is 0 Å². The van der Waals surface area contributed by atoms with Gasteiger partial charge in [0, 0.05) is 25.3 Å². The van der Waals surface area contributed by atoms with E-state index in [4.69, 9.17) is 9.47 Å². The lowest BCUT2D eigenvalue weighted by Crippen LogP contribution is -2.19. The molecule has 6 nitrogen and oxygen atoms in total. The van der Waals surface area contributed by atoms with Crippen LogP contribution in [-0.4, -0.2) is 43.3 Å². The number of carbonyl (C=O) groups is 1. The number of carbonyl (C=O) groups excluding carboxylic acids is 1. The largest absolute Gasteiger partial charge is 0.491 e. The van der Waals surface area contributed by atoms with E-state index in [1.54, 1.807) is 18.3 Å². The van der Waals surface area contributed by atoms with Gasteiger partial charge in [-0.25, -0.2) is 4.98 Å². The minimum absolute atomic E-state index is 0.156. The summed E-state index contributed by atoms with van der Waals surface area (Å²) in [6.07, 6.45) is 6.47. The molecule has 2 saturated heterocycles. The summed E-state index contributed by atoms with van der Waals surface area (Å²) in [5.41, 5.74) is 1.28. The van der Waals surface area contributed by atoms with Crippen LogP contribution in [0.3, 0.4) is 0 Å². The lowest BCUT2D eigenvalue weighted by atomic mass is 10.2. The van der Waals surface area contributed by atoms with Gasteiger partial charge in [0.2, 0.25) is 0 Å². The first-order chi connectivity index (χ1) is 13.3. The predicted octanol–water partition coefficient (Wildman–Crippen LogP) is 3.49. The third kappa shape index (κ3) is 4.57. The van der Waals surface area contributed by atoms with E-state index >= 15 is 0 Å². The third-order valence-electron chi connectivity index (χ3n) is 5.01. The van der Waals surface area contributed by atoms with Crippen LogP contribution in [-0.2, 0) is 4.74 Å². The number of hydrogen-bond donors (Lipinski definition) is 1. The van der Waals surface area contributed by atoms with Crippen molar-refractivity contribution in [3.8, 4) is 5.75 Å². The number of amides is 1. The zero-order valence-corrected chi connectivity index (χ0v) is 15.4. The van der Waals surface area contributed by atoms with E-state index in [1.807, 2.05) is 24.3 Å². The zero-order chi connectivity index (χ0) is 18.5. The highest BCUT2D eigenvalue weighted by Gasteiger charge is 2.16. The predicted molar refractivity (Wildman–Crippen MR) is 105 cm³/mol. The maximum atomic E-state index is 12.4. The molecule has 0 saturated carbocycles. The summed E-state index contributed by atoms with van der Waals surface area (Å²) >= 11 is 0. The molecule has 142 valence electrons. The number of nitrogens with zero attached hydrogens (tertiary/aromatic N) is 2. The lowest BCUT2D eigenvalue weighted by Gasteiger charge is -2.16. The van der Waals surface area contributed by atoms with Crippen molar-refractivity contribution in [3.63, 3.8) is 0 Å². The van der Waals surface area contributed by atoms with E-state index in [9.17, 15) is 4.79 Å². The molecule has 3 heterocycles. The molecule has 0 bridgehead atoms. The highest BCUT2D eigenvalue weighted by Crippen LogP contribution is 2.20. The second kappa shape index (κ2) is 8.39. The molecule has 27 heavy (non-hydrogen) atoms. The highest BCUT2D eigenvalue weighted by atomic mass is 16.5. The van der Waals surface area contributed by atoms with Crippen molar-refractivity contribution in [1.82, 2.24) is 4.98 Å². The average Bonchev–Trinajstić information content (AvgIpc) is 3.41. The standard InChI is InChI=1S/C21H25N3O3/c25-21(23-17-7-10-20(22-14-17)24-11-1-2-12-24)16-5-8-18(9-6-16)27-15-19-4-3-13-26-19/h5-10,14,19H,1-4,11-13,15H2,(H,23,25)/t19-/m0/s1. The van der Waals surface area contributed by atoms with E-state index in [0.717, 1.165) is 44.1 Å². The van der Waals surface area contributed by atoms with Crippen LogP contribution in [0.5, 0.6) is 5.75 Å². The topological polar surface area (TPSA) is 63.7 Å². The molecule has 6 heteroatoms. The van der Waals surface area contributed by atoms with Crippen LogP contribution < -0.4 is 15.0 Å². The Morgan fingerprint density at radius 3 is 2.63 bits per heavy atom. The number of pyridine rings is 1. The maximum absolute atomic E-state index is 12.4. The Morgan fingerprint density at radius 2 is 1.96 bits per heavy atom. The molecule has 0 radical (unpaired) electrons. The fraction of sp³-hybridized carbons (Fsp3) is 0.429. The van der Waals surface area contributed by atoms with E-state index in [-0.39, 0.29) is 12.0 Å². The molecule has 1 atom stereocenters. The molecule has 2 aliphatic rings. The maximum Gasteiger partial charge on any atom is 0.255 e. The Balaban J connectivity index is 1.30. The summed E-state index contributed by atoms with van der Waals surface area (Å²) in [6.45, 7) is 3.49. The van der Waals surface area contributed by atoms with Crippen molar-refractivity contribution in [3.05, 3.63) is 48.2 Å². The molecule has 2 fully saturated rings. The summed E-state index contributed by atoms with van der Waals surface area (Å²) < 4.78 is 11.3. The van der Waals surface area contributed by atoms with E-state index < -0.39 is 0 Å². The summed E-state index contributed by atoms with van der Waals surface area (Å²) in [5, 5.41) is 2.89. The summed E-state index contributed by atoms with van der Waals surface area (Å²) in [6, 6.07) is 11.0. The molecule has 0 aliphatic carbocycles. The molecule has 1 aromatic heterocycles. The second-order valence-electron chi connectivity index (χ2n) is 7.02. The molecular weight excluding hydrogens is 342 g/mol. The van der Waals surface area contributed by atoms with Crippen LogP contribution in [0.4, 0.5) is 11.5 Å². The Bertz CT molecular complexity index is 749. The SMILES string of the molecule is O=C(Nc1ccc(N2CCCC2)nc1)c1ccc(OC[C@@H]2CCCO2)cc1. The number of anilines is 2. The lowest BCUT2D eigenvalue weighted by molar-refractivity contribution is 0.0679. The van der Waals surface area contributed by atoms with Crippen LogP contribution in [0.25, 0.3) is 0 Å². The van der Waals surface area contributed by atoms with Gasteiger partial charge in [-0.05, 0) is 62.1 Å². The molecular formula is C21H25N3O3. The van der Waals surface area contributed by atoms with Crippen molar-refractivity contribution in [2.24, 2.45) is 0 Å². The fourth-order valence-corrected chi connectivity index (χ4v) is 3.46. The van der Waals surface area contributed by atoms with Crippen molar-refractivity contribution < 1.29 is 14.3 Å². The van der Waals surface area contributed by atoms with Gasteiger partial charge < -0.3 is 19.7 Å². The van der Waals surface area contributed by atoms with Crippen LogP contribution in [0, 0.1) is 0 Å². The number of rotatable bonds is 6. The van der Waals surface area contributed by atoms with Crippen LogP contribution in [0.15, 0.2) is 42.6 Å². The van der Waals surface area contributed by atoms with Gasteiger partial charge in [-0.15, -0.1) is 0 Å². The molecule has 4 rings (SSSR count). The summed E-state index contributed by atoms with van der Waals surface area (Å²) in [5.74, 6) is 1.56. The molecule has 1 aromatic carbocycles. The number of hydrogen-bond acceptors (Lipinski definition) is 5. The van der Waals surface area contributed by atoms with Crippen LogP contribution in [0.1, 0.15) is 36.0 Å². The first-order valence-electron chi connectivity index (χ1n) is 9.65. The number of aromatic nitrogens is 1. The van der Waals surface area contributed by atoms with Crippen molar-refractivity contribution >= 4 is 17.4 Å². The third-order valence-corrected chi connectivity index (χ3v) is 5.01. The molecule has 0 spiro atoms. The first kappa shape index (κ1) is 17.8. The van der Waals surface area contributed by atoms with Crippen LogP contribution in [0.2, 0.25) is 0 Å². The quantitative estimate of drug-likeness (QED) is 0.847. The molecule has 1 N–H and O–H groups in total. The Labute approximate surface area is 159 Å². The van der Waals surface area contributed by atoms with Gasteiger partial charge >= 0.3 is 0 Å². The van der Waals surface area contributed by atoms with E-state index in [2.05, 4.69) is 15.2 Å². The van der Waals surface area contributed by atoms with Gasteiger partial charge in [0.1, 0.15) is 18.2 Å². The van der Waals surface area contributed by atoms with Gasteiger partial charge in [0.15, 0.2) is 0 Å². The van der Waals surface area contributed by atoms with E-state index in [1.165, 1.54) is 12.8 Å². The Hall–Kier alpha value is -2.60. The average molecular weight is 367 g/mol. The Morgan fingerprint density at radius 1 is 1.15 bits per heavy atom. The minimum atomic E-state index is -0.156. The normalized spacial score (nSPS) is 19.3. The van der Waals surface area contributed by atoms with Crippen molar-refractivity contribution in [2.75, 3.05) is 36.5 Å². The van der Waals surface area contributed by atoms with Crippen LogP contribution >= 0.6 is 0 Å². The number of nitrogens with one attached hydrogen (secondary N) is 1.